The summed E-state index contributed by atoms with van der Waals surface area (Å²) in [6.07, 6.45) is 1.24. The van der Waals surface area contributed by atoms with Crippen molar-refractivity contribution in [2.45, 2.75) is 0 Å². The minimum absolute atomic E-state index is 0.180. The van der Waals surface area contributed by atoms with Gasteiger partial charge in [-0.2, -0.15) is 0 Å². The standard InChI is InChI=1S/C26H19Cl2N3O6/c1-36-22-8-3-2-7-20(22)29-23(32)14-37-21-10-9-17(28)11-15(21)12-19-24(33)30-26(35)31(25(19)34)18-6-4-5-16(27)13-18/h2-13H,14H2,1H3,(H,29,32)(H,30,33,35)/b19-12+. The lowest BCUT2D eigenvalue weighted by Crippen LogP contribution is -2.54. The Hall–Kier alpha value is -4.34. The van der Waals surface area contributed by atoms with Gasteiger partial charge in [-0.15, -0.1) is 0 Å². The Morgan fingerprint density at radius 3 is 2.49 bits per heavy atom. The Balaban J connectivity index is 1.58. The summed E-state index contributed by atoms with van der Waals surface area (Å²) in [5.41, 5.74) is 0.554. The lowest BCUT2D eigenvalue weighted by atomic mass is 10.1. The zero-order valence-corrected chi connectivity index (χ0v) is 20.8. The highest BCUT2D eigenvalue weighted by Crippen LogP contribution is 2.29. The lowest BCUT2D eigenvalue weighted by Gasteiger charge is -2.26. The van der Waals surface area contributed by atoms with Crippen molar-refractivity contribution < 1.29 is 28.7 Å². The maximum absolute atomic E-state index is 13.2. The van der Waals surface area contributed by atoms with Crippen LogP contribution in [0.2, 0.25) is 10.0 Å². The number of carbonyl (C=O) groups is 4. The van der Waals surface area contributed by atoms with Gasteiger partial charge in [-0.25, -0.2) is 9.69 Å². The number of nitrogens with zero attached hydrogens (tertiary/aromatic N) is 1. The molecule has 1 fully saturated rings. The van der Waals surface area contributed by atoms with E-state index in [0.29, 0.717) is 21.5 Å². The van der Waals surface area contributed by atoms with Gasteiger partial charge in [0.1, 0.15) is 17.1 Å². The Morgan fingerprint density at radius 2 is 1.73 bits per heavy atom. The normalized spacial score (nSPS) is 14.4. The molecule has 1 heterocycles. The molecule has 2 N–H and O–H groups in total. The van der Waals surface area contributed by atoms with Crippen molar-refractivity contribution in [2.75, 3.05) is 23.9 Å². The molecule has 0 bridgehead atoms. The second kappa shape index (κ2) is 11.2. The van der Waals surface area contributed by atoms with Gasteiger partial charge in [0, 0.05) is 15.6 Å². The van der Waals surface area contributed by atoms with Gasteiger partial charge in [0.05, 0.1) is 18.5 Å². The van der Waals surface area contributed by atoms with E-state index in [4.69, 9.17) is 32.7 Å². The summed E-state index contributed by atoms with van der Waals surface area (Å²) < 4.78 is 10.9. The fraction of sp³-hybridized carbons (Fsp3) is 0.0769. The molecule has 37 heavy (non-hydrogen) atoms. The zero-order chi connectivity index (χ0) is 26.5. The van der Waals surface area contributed by atoms with Crippen LogP contribution in [-0.2, 0) is 14.4 Å². The number of hydrogen-bond donors (Lipinski definition) is 2. The van der Waals surface area contributed by atoms with E-state index in [9.17, 15) is 19.2 Å². The molecular formula is C26H19Cl2N3O6. The maximum Gasteiger partial charge on any atom is 0.335 e. The summed E-state index contributed by atoms with van der Waals surface area (Å²) in [7, 11) is 1.48. The molecule has 0 aromatic heterocycles. The van der Waals surface area contributed by atoms with Gasteiger partial charge in [0.15, 0.2) is 6.61 Å². The summed E-state index contributed by atoms with van der Waals surface area (Å²) in [6, 6.07) is 16.5. The molecule has 1 aliphatic rings. The Labute approximate surface area is 221 Å². The molecule has 5 amide bonds. The van der Waals surface area contributed by atoms with Crippen LogP contribution in [0.3, 0.4) is 0 Å². The molecule has 9 nitrogen and oxygen atoms in total. The van der Waals surface area contributed by atoms with Gasteiger partial charge in [-0.3, -0.25) is 19.7 Å². The number of amides is 5. The highest BCUT2D eigenvalue weighted by atomic mass is 35.5. The predicted molar refractivity (Wildman–Crippen MR) is 139 cm³/mol. The highest BCUT2D eigenvalue weighted by Gasteiger charge is 2.37. The average molecular weight is 540 g/mol. The van der Waals surface area contributed by atoms with Gasteiger partial charge in [-0.1, -0.05) is 41.4 Å². The molecule has 4 rings (SSSR count). The zero-order valence-electron chi connectivity index (χ0n) is 19.3. The molecule has 0 aliphatic carbocycles. The van der Waals surface area contributed by atoms with E-state index in [1.807, 2.05) is 0 Å². The van der Waals surface area contributed by atoms with Crippen LogP contribution < -0.4 is 25.0 Å². The number of barbiturate groups is 1. The quantitative estimate of drug-likeness (QED) is 0.332. The van der Waals surface area contributed by atoms with E-state index < -0.39 is 23.8 Å². The number of halogens is 2. The molecule has 0 unspecified atom stereocenters. The molecule has 3 aromatic carbocycles. The van der Waals surface area contributed by atoms with Gasteiger partial charge < -0.3 is 14.8 Å². The molecule has 11 heteroatoms. The van der Waals surface area contributed by atoms with Crippen LogP contribution >= 0.6 is 23.2 Å². The molecular weight excluding hydrogens is 521 g/mol. The van der Waals surface area contributed by atoms with Crippen LogP contribution in [0.5, 0.6) is 11.5 Å². The highest BCUT2D eigenvalue weighted by molar-refractivity contribution is 6.39. The molecule has 0 saturated carbocycles. The molecule has 0 spiro atoms. The van der Waals surface area contributed by atoms with E-state index in [1.165, 1.54) is 43.5 Å². The largest absolute Gasteiger partial charge is 0.495 e. The first-order chi connectivity index (χ1) is 17.8. The van der Waals surface area contributed by atoms with E-state index in [1.54, 1.807) is 36.4 Å². The molecule has 188 valence electrons. The van der Waals surface area contributed by atoms with Crippen molar-refractivity contribution >= 4 is 64.4 Å². The van der Waals surface area contributed by atoms with Crippen molar-refractivity contribution in [1.82, 2.24) is 5.32 Å². The molecule has 0 atom stereocenters. The fourth-order valence-corrected chi connectivity index (χ4v) is 3.87. The summed E-state index contributed by atoms with van der Waals surface area (Å²) in [4.78, 5) is 51.4. The maximum atomic E-state index is 13.2. The number of carbonyl (C=O) groups excluding carboxylic acids is 4. The first-order valence-corrected chi connectivity index (χ1v) is 11.5. The third kappa shape index (κ3) is 5.91. The van der Waals surface area contributed by atoms with Crippen molar-refractivity contribution in [2.24, 2.45) is 0 Å². The van der Waals surface area contributed by atoms with Crippen molar-refractivity contribution in [3.05, 3.63) is 87.9 Å². The summed E-state index contributed by atoms with van der Waals surface area (Å²) >= 11 is 12.1. The molecule has 3 aromatic rings. The molecule has 1 saturated heterocycles. The van der Waals surface area contributed by atoms with Crippen LogP contribution in [0.1, 0.15) is 5.56 Å². The average Bonchev–Trinajstić information content (AvgIpc) is 2.86. The minimum Gasteiger partial charge on any atom is -0.495 e. The number of urea groups is 1. The van der Waals surface area contributed by atoms with Gasteiger partial charge >= 0.3 is 6.03 Å². The number of rotatable bonds is 7. The predicted octanol–water partition coefficient (Wildman–Crippen LogP) is 4.69. The number of nitrogens with one attached hydrogen (secondary N) is 2. The second-order valence-corrected chi connectivity index (χ2v) is 8.53. The van der Waals surface area contributed by atoms with Crippen LogP contribution in [-0.4, -0.2) is 37.5 Å². The van der Waals surface area contributed by atoms with E-state index in [2.05, 4.69) is 10.6 Å². The van der Waals surface area contributed by atoms with Crippen molar-refractivity contribution in [1.29, 1.82) is 0 Å². The Morgan fingerprint density at radius 1 is 0.973 bits per heavy atom. The number of ether oxygens (including phenoxy) is 2. The number of para-hydroxylation sites is 2. The fourth-order valence-electron chi connectivity index (χ4n) is 3.50. The molecule has 0 radical (unpaired) electrons. The number of benzene rings is 3. The van der Waals surface area contributed by atoms with Gasteiger partial charge in [-0.05, 0) is 54.6 Å². The van der Waals surface area contributed by atoms with Crippen LogP contribution in [0.4, 0.5) is 16.2 Å². The Kier molecular flexibility index (Phi) is 7.76. The van der Waals surface area contributed by atoms with Crippen LogP contribution in [0.25, 0.3) is 6.08 Å². The number of imide groups is 2. The Bertz CT molecular complexity index is 1440. The van der Waals surface area contributed by atoms with E-state index in [-0.39, 0.29) is 29.2 Å². The topological polar surface area (TPSA) is 114 Å². The second-order valence-electron chi connectivity index (χ2n) is 7.66. The summed E-state index contributed by atoms with van der Waals surface area (Å²) in [5, 5.41) is 5.42. The lowest BCUT2D eigenvalue weighted by molar-refractivity contribution is -0.122. The number of anilines is 2. The first kappa shape index (κ1) is 25.7. The van der Waals surface area contributed by atoms with Gasteiger partial charge in [0.2, 0.25) is 0 Å². The monoisotopic (exact) mass is 539 g/mol. The van der Waals surface area contributed by atoms with E-state index in [0.717, 1.165) is 4.90 Å². The van der Waals surface area contributed by atoms with Crippen molar-refractivity contribution in [3.8, 4) is 11.5 Å². The molecule has 1 aliphatic heterocycles. The smallest absolute Gasteiger partial charge is 0.335 e. The van der Waals surface area contributed by atoms with Crippen molar-refractivity contribution in [3.63, 3.8) is 0 Å². The first-order valence-electron chi connectivity index (χ1n) is 10.8. The van der Waals surface area contributed by atoms with Crippen LogP contribution in [0, 0.1) is 0 Å². The third-order valence-electron chi connectivity index (χ3n) is 5.18. The van der Waals surface area contributed by atoms with Gasteiger partial charge in [0.25, 0.3) is 17.7 Å². The third-order valence-corrected chi connectivity index (χ3v) is 5.65. The SMILES string of the molecule is COc1ccccc1NC(=O)COc1ccc(Cl)cc1/C=C1\C(=O)NC(=O)N(c2cccc(Cl)c2)C1=O. The summed E-state index contributed by atoms with van der Waals surface area (Å²) in [5.74, 6) is -1.57. The number of hydrogen-bond acceptors (Lipinski definition) is 6. The summed E-state index contributed by atoms with van der Waals surface area (Å²) in [6.45, 7) is -0.386. The van der Waals surface area contributed by atoms with E-state index >= 15 is 0 Å². The minimum atomic E-state index is -0.912. The number of methoxy groups -OCH3 is 1. The van der Waals surface area contributed by atoms with Crippen LogP contribution in [0.15, 0.2) is 72.3 Å².